The number of nitrogens with zero attached hydrogens (tertiary/aromatic N) is 4. The van der Waals surface area contributed by atoms with E-state index in [4.69, 9.17) is 19.4 Å². The first-order valence-electron chi connectivity index (χ1n) is 16.5. The highest BCUT2D eigenvalue weighted by Crippen LogP contribution is 2.45. The van der Waals surface area contributed by atoms with Crippen molar-refractivity contribution in [2.24, 2.45) is 5.92 Å². The van der Waals surface area contributed by atoms with E-state index in [1.807, 2.05) is 56.4 Å². The summed E-state index contributed by atoms with van der Waals surface area (Å²) >= 11 is 1.50. The van der Waals surface area contributed by atoms with Gasteiger partial charge in [-0.2, -0.15) is 4.98 Å². The van der Waals surface area contributed by atoms with Crippen molar-refractivity contribution in [3.8, 4) is 10.6 Å². The largest absolute Gasteiger partial charge is 0.459 e. The number of para-hydroxylation sites is 1. The Balaban J connectivity index is 1.13. The number of hydrogen-bond donors (Lipinski definition) is 4. The summed E-state index contributed by atoms with van der Waals surface area (Å²) in [7, 11) is -3.87. The minimum Gasteiger partial charge on any atom is -0.459 e. The van der Waals surface area contributed by atoms with Crippen LogP contribution in [-0.4, -0.2) is 62.6 Å². The van der Waals surface area contributed by atoms with Crippen LogP contribution < -0.4 is 10.6 Å². The molecule has 0 spiro atoms. The number of anilines is 2. The van der Waals surface area contributed by atoms with Crippen LogP contribution in [0.2, 0.25) is 0 Å². The van der Waals surface area contributed by atoms with E-state index < -0.39 is 45.6 Å². The lowest BCUT2D eigenvalue weighted by atomic mass is 10.1. The third kappa shape index (κ3) is 6.21. The fourth-order valence-electron chi connectivity index (χ4n) is 6.74. The molecular formula is C36H35FN6O5S2. The standard InChI is InChI=1S/C36H35FN6O5S2/c1-18(27-16-21-5-3-4-6-26(21)48-27)39-36-40-19(2)29(35-42-31-28(49-35)13-14-38-30(31)20-7-8-20)34(43-36)41-25-15-22(32(44)33(25)45)17-50(46,47)24-11-9-23(37)10-12-24/h3-6,9-14,16,18,20,22,25,32-33,44-45H,7-8,15,17H2,1-2H3,(H2,39,40,41,43)/t18-,22-,25?,32-,33+/m1/s1. The maximum atomic E-state index is 13.5. The van der Waals surface area contributed by atoms with Crippen molar-refractivity contribution in [2.75, 3.05) is 16.4 Å². The molecule has 0 amide bonds. The third-order valence-electron chi connectivity index (χ3n) is 9.55. The Morgan fingerprint density at radius 2 is 1.82 bits per heavy atom. The van der Waals surface area contributed by atoms with Crippen LogP contribution >= 0.6 is 11.3 Å². The lowest BCUT2D eigenvalue weighted by Crippen LogP contribution is -2.36. The van der Waals surface area contributed by atoms with Gasteiger partial charge in [0.2, 0.25) is 5.95 Å². The van der Waals surface area contributed by atoms with E-state index in [-0.39, 0.29) is 17.4 Å². The molecule has 14 heteroatoms. The molecule has 2 aromatic carbocycles. The van der Waals surface area contributed by atoms with Gasteiger partial charge in [-0.05, 0) is 75.6 Å². The number of halogens is 1. The summed E-state index contributed by atoms with van der Waals surface area (Å²) in [5.74, 6) is 0.0480. The zero-order valence-electron chi connectivity index (χ0n) is 27.2. The highest BCUT2D eigenvalue weighted by molar-refractivity contribution is 7.91. The van der Waals surface area contributed by atoms with Crippen LogP contribution in [0.3, 0.4) is 0 Å². The second-order valence-corrected chi connectivity index (χ2v) is 16.3. The molecule has 5 atom stereocenters. The highest BCUT2D eigenvalue weighted by atomic mass is 32.2. The molecule has 2 fully saturated rings. The minimum atomic E-state index is -3.87. The molecule has 4 N–H and O–H groups in total. The highest BCUT2D eigenvalue weighted by Gasteiger charge is 2.44. The number of aromatic nitrogens is 4. The molecule has 8 rings (SSSR count). The third-order valence-corrected chi connectivity index (χ3v) is 12.4. The number of pyridine rings is 1. The maximum Gasteiger partial charge on any atom is 0.225 e. The number of fused-ring (bicyclic) bond motifs is 2. The molecule has 4 heterocycles. The van der Waals surface area contributed by atoms with Crippen LogP contribution in [0.5, 0.6) is 0 Å². The van der Waals surface area contributed by atoms with Crippen LogP contribution in [0.15, 0.2) is 76.2 Å². The number of nitrogens with one attached hydrogen (secondary N) is 2. The molecule has 0 bridgehead atoms. The summed E-state index contributed by atoms with van der Waals surface area (Å²) in [6.45, 7) is 3.81. The Hall–Kier alpha value is -4.50. The molecule has 0 saturated heterocycles. The fraction of sp³-hybridized carbons (Fsp3) is 0.333. The van der Waals surface area contributed by atoms with E-state index in [2.05, 4.69) is 15.6 Å². The Bertz CT molecular complexity index is 2290. The number of rotatable bonds is 10. The molecule has 2 aliphatic rings. The quantitative estimate of drug-likeness (QED) is 0.116. The first-order valence-corrected chi connectivity index (χ1v) is 19.0. The average Bonchev–Trinajstić information content (AvgIpc) is 3.60. The minimum absolute atomic E-state index is 0.0455. The van der Waals surface area contributed by atoms with Crippen LogP contribution in [0, 0.1) is 18.7 Å². The number of aryl methyl sites for hydroxylation is 1. The van der Waals surface area contributed by atoms with Gasteiger partial charge in [0.05, 0.1) is 50.5 Å². The summed E-state index contributed by atoms with van der Waals surface area (Å²) in [6.07, 6.45) is 1.49. The number of sulfone groups is 1. The van der Waals surface area contributed by atoms with Gasteiger partial charge < -0.3 is 25.3 Å². The monoisotopic (exact) mass is 714 g/mol. The lowest BCUT2D eigenvalue weighted by molar-refractivity contribution is 0.0216. The molecule has 2 saturated carbocycles. The zero-order valence-corrected chi connectivity index (χ0v) is 28.9. The summed E-state index contributed by atoms with van der Waals surface area (Å²) in [5, 5.41) is 30.6. The smallest absolute Gasteiger partial charge is 0.225 e. The predicted molar refractivity (Wildman–Crippen MR) is 189 cm³/mol. The van der Waals surface area contributed by atoms with Crippen molar-refractivity contribution in [2.45, 2.75) is 68.2 Å². The molecule has 0 radical (unpaired) electrons. The van der Waals surface area contributed by atoms with Gasteiger partial charge in [0, 0.05) is 23.4 Å². The van der Waals surface area contributed by atoms with Gasteiger partial charge in [0.15, 0.2) is 9.84 Å². The predicted octanol–water partition coefficient (Wildman–Crippen LogP) is 6.39. The van der Waals surface area contributed by atoms with Crippen LogP contribution in [0.1, 0.15) is 55.3 Å². The fourth-order valence-corrected chi connectivity index (χ4v) is 9.45. The second kappa shape index (κ2) is 12.7. The van der Waals surface area contributed by atoms with E-state index in [1.54, 1.807) is 0 Å². The SMILES string of the molecule is Cc1nc(N[C@H](C)c2cc3ccccc3o2)nc(NC2C[C@H](CS(=O)(=O)c3ccc(F)cc3)[C@@H](O)[C@H]2O)c1-c1nc2c(C3CC3)nccc2s1. The van der Waals surface area contributed by atoms with Gasteiger partial charge in [0.25, 0.3) is 0 Å². The number of furan rings is 1. The molecule has 0 aliphatic heterocycles. The number of aliphatic hydroxyl groups excluding tert-OH is 2. The summed E-state index contributed by atoms with van der Waals surface area (Å²) < 4.78 is 46.9. The van der Waals surface area contributed by atoms with Gasteiger partial charge in [-0.25, -0.2) is 22.8 Å². The molecule has 50 heavy (non-hydrogen) atoms. The first-order chi connectivity index (χ1) is 24.0. The maximum absolute atomic E-state index is 13.5. The van der Waals surface area contributed by atoms with E-state index in [9.17, 15) is 23.0 Å². The Kier molecular flexibility index (Phi) is 8.29. The molecule has 258 valence electrons. The number of aliphatic hydroxyl groups is 2. The summed E-state index contributed by atoms with van der Waals surface area (Å²) in [4.78, 5) is 19.3. The van der Waals surface area contributed by atoms with Crippen LogP contribution in [0.4, 0.5) is 16.2 Å². The Morgan fingerprint density at radius 1 is 1.04 bits per heavy atom. The number of benzene rings is 2. The Labute approximate surface area is 291 Å². The topological polar surface area (TPSA) is 163 Å². The van der Waals surface area contributed by atoms with E-state index in [1.165, 1.54) is 23.5 Å². The lowest BCUT2D eigenvalue weighted by Gasteiger charge is -2.22. The summed E-state index contributed by atoms with van der Waals surface area (Å²) in [6, 6.07) is 15.2. The second-order valence-electron chi connectivity index (χ2n) is 13.2. The van der Waals surface area contributed by atoms with Crippen molar-refractivity contribution >= 4 is 54.1 Å². The van der Waals surface area contributed by atoms with E-state index in [0.29, 0.717) is 39.7 Å². The van der Waals surface area contributed by atoms with Gasteiger partial charge in [-0.3, -0.25) is 4.98 Å². The molecule has 2 aliphatic carbocycles. The van der Waals surface area contributed by atoms with Gasteiger partial charge in [-0.1, -0.05) is 18.2 Å². The van der Waals surface area contributed by atoms with Crippen molar-refractivity contribution in [3.63, 3.8) is 0 Å². The van der Waals surface area contributed by atoms with Crippen molar-refractivity contribution < 1.29 is 27.4 Å². The van der Waals surface area contributed by atoms with Crippen molar-refractivity contribution in [1.82, 2.24) is 19.9 Å². The van der Waals surface area contributed by atoms with Crippen molar-refractivity contribution in [1.29, 1.82) is 0 Å². The molecular weight excluding hydrogens is 680 g/mol. The van der Waals surface area contributed by atoms with Crippen LogP contribution in [0.25, 0.3) is 31.8 Å². The molecule has 1 unspecified atom stereocenters. The van der Waals surface area contributed by atoms with Crippen molar-refractivity contribution in [3.05, 3.63) is 89.8 Å². The van der Waals surface area contributed by atoms with Crippen LogP contribution in [-0.2, 0) is 9.84 Å². The molecule has 4 aromatic heterocycles. The zero-order chi connectivity index (χ0) is 34.7. The normalized spacial score (nSPS) is 21.5. The van der Waals surface area contributed by atoms with Gasteiger partial charge in [0.1, 0.15) is 39.6 Å². The average molecular weight is 715 g/mol. The van der Waals surface area contributed by atoms with Gasteiger partial charge in [-0.15, -0.1) is 11.3 Å². The van der Waals surface area contributed by atoms with Gasteiger partial charge >= 0.3 is 0 Å². The van der Waals surface area contributed by atoms with E-state index >= 15 is 0 Å². The number of thiazole rings is 1. The first kappa shape index (κ1) is 32.7. The molecule has 11 nitrogen and oxygen atoms in total. The van der Waals surface area contributed by atoms with E-state index in [0.717, 1.165) is 51.9 Å². The number of hydrogen-bond acceptors (Lipinski definition) is 12. The summed E-state index contributed by atoms with van der Waals surface area (Å²) in [5.41, 5.74) is 3.87. The molecule has 6 aromatic rings. The Morgan fingerprint density at radius 3 is 2.58 bits per heavy atom.